The van der Waals surface area contributed by atoms with Crippen molar-refractivity contribution in [1.82, 2.24) is 0 Å². The number of hydrogen-bond acceptors (Lipinski definition) is 0. The van der Waals surface area contributed by atoms with Crippen molar-refractivity contribution in [2.75, 3.05) is 0 Å². The molecule has 0 aliphatic heterocycles. The van der Waals surface area contributed by atoms with Gasteiger partial charge in [-0.1, -0.05) is 39.3 Å². The molecule has 0 bridgehead atoms. The molecule has 0 amide bonds. The molecule has 2 saturated carbocycles. The van der Waals surface area contributed by atoms with Crippen LogP contribution in [0.2, 0.25) is 0 Å². The van der Waals surface area contributed by atoms with Gasteiger partial charge in [0.1, 0.15) is 0 Å². The third kappa shape index (κ3) is 2.14. The van der Waals surface area contributed by atoms with Crippen LogP contribution in [-0.2, 0) is 0 Å². The molecule has 2 rings (SSSR count). The van der Waals surface area contributed by atoms with Gasteiger partial charge in [0.15, 0.2) is 0 Å². The fourth-order valence-electron chi connectivity index (χ4n) is 3.57. The van der Waals surface area contributed by atoms with Gasteiger partial charge in [-0.15, -0.1) is 0 Å². The first kappa shape index (κ1) is 11.2. The summed E-state index contributed by atoms with van der Waals surface area (Å²) in [6.07, 6.45) is 8.38. The number of rotatable bonds is 6. The van der Waals surface area contributed by atoms with E-state index in [1.165, 1.54) is 44.1 Å². The zero-order chi connectivity index (χ0) is 11.1. The largest absolute Gasteiger partial charge is 0.0998 e. The summed E-state index contributed by atoms with van der Waals surface area (Å²) in [5.41, 5.74) is 2.30. The van der Waals surface area contributed by atoms with Crippen LogP contribution in [0.5, 0.6) is 0 Å². The van der Waals surface area contributed by atoms with Crippen LogP contribution in [0.4, 0.5) is 0 Å². The highest BCUT2D eigenvalue weighted by atomic mass is 14.7. The Morgan fingerprint density at radius 1 is 1.40 bits per heavy atom. The molecule has 0 aromatic rings. The predicted octanol–water partition coefficient (Wildman–Crippen LogP) is 4.81. The van der Waals surface area contributed by atoms with Gasteiger partial charge in [-0.25, -0.2) is 0 Å². The molecule has 3 unspecified atom stereocenters. The number of hydrogen-bond donors (Lipinski definition) is 0. The summed E-state index contributed by atoms with van der Waals surface area (Å²) in [6, 6.07) is 0. The van der Waals surface area contributed by atoms with Crippen LogP contribution in [0, 0.1) is 23.2 Å². The molecule has 0 heteroatoms. The monoisotopic (exact) mass is 206 g/mol. The molecule has 0 heterocycles. The average molecular weight is 206 g/mol. The Balaban J connectivity index is 1.69. The fraction of sp³-hybridized carbons (Fsp3) is 0.867. The van der Waals surface area contributed by atoms with Crippen molar-refractivity contribution in [2.45, 2.75) is 59.3 Å². The lowest BCUT2D eigenvalue weighted by atomic mass is 9.70. The van der Waals surface area contributed by atoms with Crippen LogP contribution in [-0.4, -0.2) is 0 Å². The lowest BCUT2D eigenvalue weighted by Crippen LogP contribution is -2.25. The van der Waals surface area contributed by atoms with Crippen molar-refractivity contribution in [3.05, 3.63) is 12.2 Å². The molecule has 0 N–H and O–H groups in total. The molecule has 0 aromatic heterocycles. The summed E-state index contributed by atoms with van der Waals surface area (Å²) in [4.78, 5) is 0. The zero-order valence-electron chi connectivity index (χ0n) is 10.7. The smallest absolute Gasteiger partial charge is 0.0224 e. The molecule has 0 radical (unpaired) electrons. The minimum absolute atomic E-state index is 0.773. The van der Waals surface area contributed by atoms with Crippen molar-refractivity contribution < 1.29 is 0 Å². The van der Waals surface area contributed by atoms with E-state index < -0.39 is 0 Å². The zero-order valence-corrected chi connectivity index (χ0v) is 10.7. The Morgan fingerprint density at radius 2 is 2.13 bits per heavy atom. The minimum atomic E-state index is 0.773. The van der Waals surface area contributed by atoms with Crippen molar-refractivity contribution in [2.24, 2.45) is 23.2 Å². The molecular formula is C15H26. The third-order valence-corrected chi connectivity index (χ3v) is 4.69. The van der Waals surface area contributed by atoms with Crippen LogP contribution >= 0.6 is 0 Å². The Bertz CT molecular complexity index is 251. The van der Waals surface area contributed by atoms with E-state index in [1.54, 1.807) is 0 Å². The molecule has 0 spiro atoms. The molecule has 86 valence electrons. The van der Waals surface area contributed by atoms with Crippen molar-refractivity contribution >= 4 is 0 Å². The first-order valence-electron chi connectivity index (χ1n) is 6.74. The van der Waals surface area contributed by atoms with Crippen molar-refractivity contribution in [1.29, 1.82) is 0 Å². The van der Waals surface area contributed by atoms with Gasteiger partial charge in [0.2, 0.25) is 0 Å². The standard InChI is InChI=1S/C15H26/c1-5-13-9-15(10-14(13)15)8-12(4)7-6-11(2)3/h11,13-14H,4-10H2,1-3H3. The summed E-state index contributed by atoms with van der Waals surface area (Å²) in [5, 5.41) is 0. The molecule has 0 nitrogen and oxygen atoms in total. The normalized spacial score (nSPS) is 37.3. The molecule has 0 aromatic carbocycles. The summed E-state index contributed by atoms with van der Waals surface area (Å²) in [5.74, 6) is 3.00. The summed E-state index contributed by atoms with van der Waals surface area (Å²) in [6.45, 7) is 11.2. The van der Waals surface area contributed by atoms with E-state index >= 15 is 0 Å². The van der Waals surface area contributed by atoms with Crippen LogP contribution in [0.3, 0.4) is 0 Å². The second kappa shape index (κ2) is 3.96. The first-order chi connectivity index (χ1) is 7.07. The molecule has 2 aliphatic rings. The van der Waals surface area contributed by atoms with Crippen LogP contribution in [0.1, 0.15) is 59.3 Å². The molecular weight excluding hydrogens is 180 g/mol. The molecule has 0 saturated heterocycles. The van der Waals surface area contributed by atoms with Crippen molar-refractivity contribution in [3.63, 3.8) is 0 Å². The van der Waals surface area contributed by atoms with Gasteiger partial charge in [-0.05, 0) is 55.3 Å². The lowest BCUT2D eigenvalue weighted by Gasteiger charge is -2.35. The second-order valence-corrected chi connectivity index (χ2v) is 6.40. The lowest BCUT2D eigenvalue weighted by molar-refractivity contribution is 0.171. The Hall–Kier alpha value is -0.260. The van der Waals surface area contributed by atoms with Gasteiger partial charge in [0.05, 0.1) is 0 Å². The van der Waals surface area contributed by atoms with Crippen molar-refractivity contribution in [3.8, 4) is 0 Å². The summed E-state index contributed by atoms with van der Waals surface area (Å²) < 4.78 is 0. The number of fused-ring (bicyclic) bond motifs is 1. The number of allylic oxidation sites excluding steroid dienone is 1. The van der Waals surface area contributed by atoms with Gasteiger partial charge >= 0.3 is 0 Å². The quantitative estimate of drug-likeness (QED) is 0.547. The van der Waals surface area contributed by atoms with Crippen LogP contribution in [0.15, 0.2) is 12.2 Å². The fourth-order valence-corrected chi connectivity index (χ4v) is 3.57. The van der Waals surface area contributed by atoms with E-state index in [9.17, 15) is 0 Å². The van der Waals surface area contributed by atoms with Crippen LogP contribution < -0.4 is 0 Å². The summed E-state index contributed by atoms with van der Waals surface area (Å²) >= 11 is 0. The maximum absolute atomic E-state index is 4.27. The second-order valence-electron chi connectivity index (χ2n) is 6.40. The van der Waals surface area contributed by atoms with E-state index in [0.29, 0.717) is 0 Å². The molecule has 15 heavy (non-hydrogen) atoms. The highest BCUT2D eigenvalue weighted by molar-refractivity contribution is 5.19. The Kier molecular flexibility index (Phi) is 2.96. The first-order valence-corrected chi connectivity index (χ1v) is 6.74. The molecule has 2 fully saturated rings. The van der Waals surface area contributed by atoms with Gasteiger partial charge in [0, 0.05) is 0 Å². The van der Waals surface area contributed by atoms with E-state index in [4.69, 9.17) is 0 Å². The predicted molar refractivity (Wildman–Crippen MR) is 66.8 cm³/mol. The van der Waals surface area contributed by atoms with Crippen LogP contribution in [0.25, 0.3) is 0 Å². The SMILES string of the molecule is C=C(CCC(C)C)CC12CC(CC)C1C2. The Morgan fingerprint density at radius 3 is 2.67 bits per heavy atom. The minimum Gasteiger partial charge on any atom is -0.0998 e. The summed E-state index contributed by atoms with van der Waals surface area (Å²) in [7, 11) is 0. The average Bonchev–Trinajstić information content (AvgIpc) is 2.71. The van der Waals surface area contributed by atoms with E-state index in [-0.39, 0.29) is 0 Å². The van der Waals surface area contributed by atoms with Gasteiger partial charge < -0.3 is 0 Å². The van der Waals surface area contributed by atoms with Gasteiger partial charge in [-0.3, -0.25) is 0 Å². The van der Waals surface area contributed by atoms with Gasteiger partial charge in [0.25, 0.3) is 0 Å². The van der Waals surface area contributed by atoms with E-state index in [0.717, 1.165) is 23.2 Å². The van der Waals surface area contributed by atoms with E-state index in [2.05, 4.69) is 27.4 Å². The maximum Gasteiger partial charge on any atom is -0.0224 e. The molecule has 3 atom stereocenters. The third-order valence-electron chi connectivity index (χ3n) is 4.69. The topological polar surface area (TPSA) is 0 Å². The Labute approximate surface area is 95.1 Å². The molecule has 2 aliphatic carbocycles. The highest BCUT2D eigenvalue weighted by Crippen LogP contribution is 2.74. The van der Waals surface area contributed by atoms with E-state index in [1.807, 2.05) is 0 Å². The van der Waals surface area contributed by atoms with Gasteiger partial charge in [-0.2, -0.15) is 0 Å². The highest BCUT2D eigenvalue weighted by Gasteiger charge is 2.65. The maximum atomic E-state index is 4.27.